The van der Waals surface area contributed by atoms with Gasteiger partial charge < -0.3 is 15.5 Å². The van der Waals surface area contributed by atoms with Crippen LogP contribution in [0.2, 0.25) is 0 Å². The number of nitrogens with zero attached hydrogens (tertiary/aromatic N) is 4. The van der Waals surface area contributed by atoms with Gasteiger partial charge in [-0.05, 0) is 27.1 Å². The third kappa shape index (κ3) is 4.15. The Bertz CT molecular complexity index is 495. The average molecular weight is 291 g/mol. The molecule has 1 aliphatic rings. The number of aromatic nitrogens is 1. The molecular formula is C15H25N5O. The molecule has 1 aliphatic heterocycles. The van der Waals surface area contributed by atoms with Gasteiger partial charge in [0.25, 0.3) is 5.91 Å². The summed E-state index contributed by atoms with van der Waals surface area (Å²) in [6.45, 7) is 7.29. The Kier molecular flexibility index (Phi) is 5.14. The number of aryl methyl sites for hydroxylation is 1. The lowest BCUT2D eigenvalue weighted by atomic mass is 10.1. The Morgan fingerprint density at radius 2 is 2.00 bits per heavy atom. The fourth-order valence-electron chi connectivity index (χ4n) is 2.45. The summed E-state index contributed by atoms with van der Waals surface area (Å²) < 4.78 is 0. The van der Waals surface area contributed by atoms with Crippen LogP contribution in [0.25, 0.3) is 0 Å². The zero-order valence-corrected chi connectivity index (χ0v) is 13.2. The molecule has 0 unspecified atom stereocenters. The van der Waals surface area contributed by atoms with Crippen molar-refractivity contribution in [2.45, 2.75) is 6.92 Å². The number of hydrogen-bond acceptors (Lipinski definition) is 5. The quantitative estimate of drug-likeness (QED) is 0.864. The van der Waals surface area contributed by atoms with Gasteiger partial charge in [0.2, 0.25) is 0 Å². The molecule has 2 N–H and O–H groups in total. The van der Waals surface area contributed by atoms with E-state index in [9.17, 15) is 4.79 Å². The molecule has 1 fully saturated rings. The Balaban J connectivity index is 1.91. The van der Waals surface area contributed by atoms with E-state index >= 15 is 0 Å². The summed E-state index contributed by atoms with van der Waals surface area (Å²) in [6, 6.07) is 1.75. The minimum absolute atomic E-state index is 0.00717. The Morgan fingerprint density at radius 3 is 2.57 bits per heavy atom. The van der Waals surface area contributed by atoms with E-state index in [-0.39, 0.29) is 5.91 Å². The number of carbonyl (C=O) groups excluding carboxylic acids is 1. The van der Waals surface area contributed by atoms with Gasteiger partial charge in [-0.25, -0.2) is 0 Å². The van der Waals surface area contributed by atoms with Crippen molar-refractivity contribution >= 4 is 11.6 Å². The van der Waals surface area contributed by atoms with Crippen LogP contribution in [-0.4, -0.2) is 79.0 Å². The first kappa shape index (κ1) is 15.7. The Hall–Kier alpha value is -1.66. The van der Waals surface area contributed by atoms with E-state index < -0.39 is 0 Å². The number of nitrogen functional groups attached to an aromatic ring is 1. The minimum Gasteiger partial charge on any atom is -0.398 e. The number of amides is 1. The maximum absolute atomic E-state index is 12.5. The van der Waals surface area contributed by atoms with Crippen molar-refractivity contribution in [3.05, 3.63) is 23.5 Å². The van der Waals surface area contributed by atoms with E-state index in [1.165, 1.54) is 0 Å². The van der Waals surface area contributed by atoms with Gasteiger partial charge in [0.1, 0.15) is 0 Å². The lowest BCUT2D eigenvalue weighted by Gasteiger charge is -2.35. The lowest BCUT2D eigenvalue weighted by Crippen LogP contribution is -2.50. The summed E-state index contributed by atoms with van der Waals surface area (Å²) >= 11 is 0. The highest BCUT2D eigenvalue weighted by atomic mass is 16.2. The lowest BCUT2D eigenvalue weighted by molar-refractivity contribution is 0.0630. The van der Waals surface area contributed by atoms with Gasteiger partial charge in [0.05, 0.1) is 5.56 Å². The highest BCUT2D eigenvalue weighted by molar-refractivity contribution is 5.98. The first-order valence-corrected chi connectivity index (χ1v) is 7.36. The highest BCUT2D eigenvalue weighted by Gasteiger charge is 2.23. The monoisotopic (exact) mass is 291 g/mol. The van der Waals surface area contributed by atoms with Crippen molar-refractivity contribution in [2.24, 2.45) is 0 Å². The van der Waals surface area contributed by atoms with Crippen molar-refractivity contribution in [3.63, 3.8) is 0 Å². The number of anilines is 1. The average Bonchev–Trinajstić information content (AvgIpc) is 2.45. The summed E-state index contributed by atoms with van der Waals surface area (Å²) in [5.41, 5.74) is 7.80. The molecule has 0 saturated carbocycles. The van der Waals surface area contributed by atoms with E-state index in [1.807, 2.05) is 11.8 Å². The van der Waals surface area contributed by atoms with E-state index in [4.69, 9.17) is 5.73 Å². The maximum Gasteiger partial charge on any atom is 0.257 e. The number of piperazine rings is 1. The highest BCUT2D eigenvalue weighted by Crippen LogP contribution is 2.15. The van der Waals surface area contributed by atoms with Crippen LogP contribution in [0.1, 0.15) is 16.1 Å². The molecule has 116 valence electrons. The molecule has 1 aromatic rings. The number of hydrogen-bond donors (Lipinski definition) is 1. The van der Waals surface area contributed by atoms with Crippen LogP contribution in [0.15, 0.2) is 12.3 Å². The molecular weight excluding hydrogens is 266 g/mol. The summed E-state index contributed by atoms with van der Waals surface area (Å²) in [6.07, 6.45) is 1.59. The zero-order chi connectivity index (χ0) is 15.4. The fourth-order valence-corrected chi connectivity index (χ4v) is 2.45. The molecule has 6 nitrogen and oxygen atoms in total. The predicted octanol–water partition coefficient (Wildman–Crippen LogP) is 0.292. The molecule has 0 aromatic carbocycles. The van der Waals surface area contributed by atoms with Crippen LogP contribution in [0, 0.1) is 6.92 Å². The van der Waals surface area contributed by atoms with Crippen LogP contribution < -0.4 is 5.73 Å². The van der Waals surface area contributed by atoms with Gasteiger partial charge in [-0.1, -0.05) is 0 Å². The van der Waals surface area contributed by atoms with Gasteiger partial charge in [-0.15, -0.1) is 0 Å². The third-order valence-electron chi connectivity index (χ3n) is 3.83. The van der Waals surface area contributed by atoms with Crippen molar-refractivity contribution in [2.75, 3.05) is 59.1 Å². The SMILES string of the molecule is Cc1cc(N)c(C(=O)N2CCN(CCN(C)C)CC2)cn1. The molecule has 1 amide bonds. The molecule has 0 aliphatic carbocycles. The predicted molar refractivity (Wildman–Crippen MR) is 84.3 cm³/mol. The second-order valence-corrected chi connectivity index (χ2v) is 5.85. The second kappa shape index (κ2) is 6.87. The van der Waals surface area contributed by atoms with Gasteiger partial charge in [0, 0.05) is 56.8 Å². The van der Waals surface area contributed by atoms with E-state index in [2.05, 4.69) is 28.9 Å². The fraction of sp³-hybridized carbons (Fsp3) is 0.600. The molecule has 2 heterocycles. The summed E-state index contributed by atoms with van der Waals surface area (Å²) in [5.74, 6) is -0.00717. The van der Waals surface area contributed by atoms with Gasteiger partial charge in [-0.2, -0.15) is 0 Å². The van der Waals surface area contributed by atoms with Crippen molar-refractivity contribution in [1.82, 2.24) is 19.7 Å². The largest absolute Gasteiger partial charge is 0.398 e. The topological polar surface area (TPSA) is 65.7 Å². The first-order chi connectivity index (χ1) is 9.97. The zero-order valence-electron chi connectivity index (χ0n) is 13.2. The number of likely N-dealkylation sites (N-methyl/N-ethyl adjacent to an activating group) is 1. The molecule has 6 heteroatoms. The van der Waals surface area contributed by atoms with Gasteiger partial charge >= 0.3 is 0 Å². The molecule has 0 spiro atoms. The second-order valence-electron chi connectivity index (χ2n) is 5.85. The summed E-state index contributed by atoms with van der Waals surface area (Å²) in [5, 5.41) is 0. The number of pyridine rings is 1. The molecule has 0 bridgehead atoms. The smallest absolute Gasteiger partial charge is 0.257 e. The van der Waals surface area contributed by atoms with Crippen LogP contribution in [0.3, 0.4) is 0 Å². The van der Waals surface area contributed by atoms with Crippen LogP contribution in [0.4, 0.5) is 5.69 Å². The first-order valence-electron chi connectivity index (χ1n) is 7.36. The Labute approximate surface area is 126 Å². The van der Waals surface area contributed by atoms with Gasteiger partial charge in [0.15, 0.2) is 0 Å². The molecule has 1 saturated heterocycles. The van der Waals surface area contributed by atoms with Crippen LogP contribution >= 0.6 is 0 Å². The van der Waals surface area contributed by atoms with Gasteiger partial charge in [-0.3, -0.25) is 14.7 Å². The molecule has 1 aromatic heterocycles. The summed E-state index contributed by atoms with van der Waals surface area (Å²) in [4.78, 5) is 23.1. The number of rotatable bonds is 4. The third-order valence-corrected chi connectivity index (χ3v) is 3.83. The molecule has 0 atom stereocenters. The number of nitrogens with two attached hydrogens (primary N) is 1. The number of carbonyl (C=O) groups is 1. The van der Waals surface area contributed by atoms with Crippen molar-refractivity contribution in [1.29, 1.82) is 0 Å². The molecule has 0 radical (unpaired) electrons. The van der Waals surface area contributed by atoms with E-state index in [0.29, 0.717) is 11.3 Å². The van der Waals surface area contributed by atoms with Crippen molar-refractivity contribution in [3.8, 4) is 0 Å². The van der Waals surface area contributed by atoms with E-state index in [0.717, 1.165) is 45.0 Å². The molecule has 2 rings (SSSR count). The molecule has 21 heavy (non-hydrogen) atoms. The Morgan fingerprint density at radius 1 is 1.33 bits per heavy atom. The normalized spacial score (nSPS) is 16.5. The van der Waals surface area contributed by atoms with E-state index in [1.54, 1.807) is 12.3 Å². The maximum atomic E-state index is 12.5. The van der Waals surface area contributed by atoms with Crippen molar-refractivity contribution < 1.29 is 4.79 Å². The summed E-state index contributed by atoms with van der Waals surface area (Å²) in [7, 11) is 4.15. The van der Waals surface area contributed by atoms with Crippen LogP contribution in [0.5, 0.6) is 0 Å². The minimum atomic E-state index is -0.00717. The standard InChI is InChI=1S/C15H25N5O/c1-12-10-14(16)13(11-17-12)15(21)20-8-6-19(7-9-20)5-4-18(2)3/h10-11H,4-9H2,1-3H3,(H2,16,17). The van der Waals surface area contributed by atoms with Crippen LogP contribution in [-0.2, 0) is 0 Å².